The third kappa shape index (κ3) is 5.08. The number of halogens is 3. The van der Waals surface area contributed by atoms with Crippen LogP contribution in [0, 0.1) is 17.5 Å². The molecule has 3 aromatic rings. The van der Waals surface area contributed by atoms with Crippen LogP contribution in [-0.2, 0) is 31.8 Å². The first-order valence-electron chi connectivity index (χ1n) is 11.3. The number of benzene rings is 2. The summed E-state index contributed by atoms with van der Waals surface area (Å²) in [5.74, 6) is -3.83. The number of morpholine rings is 1. The van der Waals surface area contributed by atoms with Crippen molar-refractivity contribution in [3.63, 3.8) is 0 Å². The second kappa shape index (κ2) is 10.1. The lowest BCUT2D eigenvalue weighted by Crippen LogP contribution is -2.40. The quantitative estimate of drug-likeness (QED) is 0.342. The number of sulfonamides is 1. The highest BCUT2D eigenvalue weighted by molar-refractivity contribution is 7.98. The van der Waals surface area contributed by atoms with Gasteiger partial charge in [-0.15, -0.1) is 0 Å². The van der Waals surface area contributed by atoms with Gasteiger partial charge in [-0.2, -0.15) is 4.31 Å². The van der Waals surface area contributed by atoms with Gasteiger partial charge >= 0.3 is 0 Å². The molecule has 0 amide bonds. The van der Waals surface area contributed by atoms with Crippen molar-refractivity contribution in [3.8, 4) is 0 Å². The SMILES string of the molecule is O=S(=O)(c1ccc2c(c1)nc(SCc1cc(F)c(F)c(F)c1)n2CC1CCCO1)N1CCOCC1. The van der Waals surface area contributed by atoms with Gasteiger partial charge in [0.05, 0.1) is 41.8 Å². The molecule has 2 aromatic carbocycles. The lowest BCUT2D eigenvalue weighted by Gasteiger charge is -2.26. The van der Waals surface area contributed by atoms with Crippen molar-refractivity contribution in [2.45, 2.75) is 41.3 Å². The average molecular weight is 528 g/mol. The van der Waals surface area contributed by atoms with Crippen molar-refractivity contribution < 1.29 is 31.1 Å². The Hall–Kier alpha value is -2.12. The Bertz CT molecular complexity index is 1310. The van der Waals surface area contributed by atoms with Crippen molar-refractivity contribution in [1.82, 2.24) is 13.9 Å². The Morgan fingerprint density at radius 1 is 1.06 bits per heavy atom. The number of ether oxygens (including phenoxy) is 2. The zero-order chi connectivity index (χ0) is 24.6. The van der Waals surface area contributed by atoms with Crippen molar-refractivity contribution >= 4 is 32.8 Å². The summed E-state index contributed by atoms with van der Waals surface area (Å²) in [7, 11) is -3.69. The molecule has 0 spiro atoms. The third-order valence-electron chi connectivity index (χ3n) is 6.11. The van der Waals surface area contributed by atoms with Crippen LogP contribution in [0.5, 0.6) is 0 Å². The molecule has 0 saturated carbocycles. The van der Waals surface area contributed by atoms with E-state index in [0.717, 1.165) is 30.5 Å². The molecule has 35 heavy (non-hydrogen) atoms. The number of hydrogen-bond donors (Lipinski definition) is 0. The van der Waals surface area contributed by atoms with Crippen LogP contribution in [0.2, 0.25) is 0 Å². The van der Waals surface area contributed by atoms with Crippen molar-refractivity contribution in [2.24, 2.45) is 0 Å². The Labute approximate surface area is 205 Å². The highest BCUT2D eigenvalue weighted by Gasteiger charge is 2.28. The van der Waals surface area contributed by atoms with Crippen LogP contribution in [0.4, 0.5) is 13.2 Å². The predicted octanol–water partition coefficient (Wildman–Crippen LogP) is 3.95. The smallest absolute Gasteiger partial charge is 0.243 e. The normalized spacial score (nSPS) is 19.6. The molecule has 1 aromatic heterocycles. The highest BCUT2D eigenvalue weighted by atomic mass is 32.2. The van der Waals surface area contributed by atoms with Crippen molar-refractivity contribution in [2.75, 3.05) is 32.9 Å². The average Bonchev–Trinajstić information content (AvgIpc) is 3.49. The Kier molecular flexibility index (Phi) is 7.09. The van der Waals surface area contributed by atoms with E-state index in [-0.39, 0.29) is 22.3 Å². The molecule has 0 radical (unpaired) electrons. The molecule has 1 unspecified atom stereocenters. The number of thioether (sulfide) groups is 1. The van der Waals surface area contributed by atoms with Crippen LogP contribution in [0.3, 0.4) is 0 Å². The maximum absolute atomic E-state index is 13.7. The Morgan fingerprint density at radius 2 is 1.80 bits per heavy atom. The number of rotatable bonds is 7. The molecule has 3 heterocycles. The van der Waals surface area contributed by atoms with Gasteiger partial charge in [-0.05, 0) is 48.7 Å². The number of aromatic nitrogens is 2. The molecule has 7 nitrogen and oxygen atoms in total. The standard InChI is InChI=1S/C23H24F3N3O4S2/c24-18-10-15(11-19(25)22(18)26)14-34-23-27-20-12-17(35(30,31)28-5-8-32-9-6-28)3-4-21(20)29(23)13-16-2-1-7-33-16/h3-4,10-12,16H,1-2,5-9,13-14H2. The van der Waals surface area contributed by atoms with Gasteiger partial charge in [-0.25, -0.2) is 26.6 Å². The summed E-state index contributed by atoms with van der Waals surface area (Å²) in [5.41, 5.74) is 1.51. The van der Waals surface area contributed by atoms with Crippen LogP contribution in [0.1, 0.15) is 18.4 Å². The molecule has 2 fully saturated rings. The predicted molar refractivity (Wildman–Crippen MR) is 124 cm³/mol. The van der Waals surface area contributed by atoms with Crippen LogP contribution in [0.15, 0.2) is 40.4 Å². The molecule has 0 aliphatic carbocycles. The van der Waals surface area contributed by atoms with E-state index in [1.807, 2.05) is 4.57 Å². The molecule has 1 atom stereocenters. The zero-order valence-corrected chi connectivity index (χ0v) is 20.4. The van der Waals surface area contributed by atoms with Gasteiger partial charge in [0.1, 0.15) is 0 Å². The van der Waals surface area contributed by atoms with E-state index in [2.05, 4.69) is 4.98 Å². The summed E-state index contributed by atoms with van der Waals surface area (Å²) in [6.45, 7) is 2.47. The minimum atomic E-state index is -3.69. The summed E-state index contributed by atoms with van der Waals surface area (Å²) in [6.07, 6.45) is 1.83. The maximum atomic E-state index is 13.7. The first-order chi connectivity index (χ1) is 16.8. The second-order valence-corrected chi connectivity index (χ2v) is 11.3. The fraction of sp³-hybridized carbons (Fsp3) is 0.435. The summed E-state index contributed by atoms with van der Waals surface area (Å²) in [4.78, 5) is 4.80. The van der Waals surface area contributed by atoms with Gasteiger partial charge in [0.2, 0.25) is 10.0 Å². The molecule has 2 aliphatic rings. The largest absolute Gasteiger partial charge is 0.379 e. The third-order valence-corrected chi connectivity index (χ3v) is 9.06. The van der Waals surface area contributed by atoms with E-state index in [9.17, 15) is 21.6 Å². The number of nitrogens with zero attached hydrogens (tertiary/aromatic N) is 3. The van der Waals surface area contributed by atoms with Gasteiger partial charge in [0, 0.05) is 25.4 Å². The van der Waals surface area contributed by atoms with Crippen LogP contribution < -0.4 is 0 Å². The molecule has 188 valence electrons. The number of fused-ring (bicyclic) bond motifs is 1. The highest BCUT2D eigenvalue weighted by Crippen LogP contribution is 2.31. The van der Waals surface area contributed by atoms with E-state index in [1.54, 1.807) is 18.2 Å². The fourth-order valence-electron chi connectivity index (χ4n) is 4.30. The fourth-order valence-corrected chi connectivity index (χ4v) is 6.68. The molecular weight excluding hydrogens is 503 g/mol. The van der Waals surface area contributed by atoms with Crippen LogP contribution >= 0.6 is 11.8 Å². The van der Waals surface area contributed by atoms with Crippen LogP contribution in [0.25, 0.3) is 11.0 Å². The summed E-state index contributed by atoms with van der Waals surface area (Å²) >= 11 is 1.24. The maximum Gasteiger partial charge on any atom is 0.243 e. The van der Waals surface area contributed by atoms with E-state index in [4.69, 9.17) is 9.47 Å². The van der Waals surface area contributed by atoms with Gasteiger partial charge in [-0.1, -0.05) is 11.8 Å². The molecule has 0 bridgehead atoms. The van der Waals surface area contributed by atoms with E-state index >= 15 is 0 Å². The summed E-state index contributed by atoms with van der Waals surface area (Å²) in [5, 5.41) is 0.557. The molecule has 2 aliphatic heterocycles. The molecule has 2 saturated heterocycles. The van der Waals surface area contributed by atoms with Crippen molar-refractivity contribution in [3.05, 3.63) is 53.3 Å². The van der Waals surface area contributed by atoms with Crippen molar-refractivity contribution in [1.29, 1.82) is 0 Å². The molecular formula is C23H24F3N3O4S2. The van der Waals surface area contributed by atoms with Gasteiger partial charge < -0.3 is 14.0 Å². The number of imidazole rings is 1. The minimum Gasteiger partial charge on any atom is -0.379 e. The van der Waals surface area contributed by atoms with E-state index < -0.39 is 27.5 Å². The first kappa shape index (κ1) is 24.6. The second-order valence-electron chi connectivity index (χ2n) is 8.47. The van der Waals surface area contributed by atoms with E-state index in [1.165, 1.54) is 16.1 Å². The minimum absolute atomic E-state index is 0.00998. The monoisotopic (exact) mass is 527 g/mol. The lowest BCUT2D eigenvalue weighted by atomic mass is 10.2. The molecule has 0 N–H and O–H groups in total. The van der Waals surface area contributed by atoms with E-state index in [0.29, 0.717) is 50.1 Å². The van der Waals surface area contributed by atoms with Gasteiger partial charge in [0.25, 0.3) is 0 Å². The lowest BCUT2D eigenvalue weighted by molar-refractivity contribution is 0.0730. The Balaban J connectivity index is 1.47. The summed E-state index contributed by atoms with van der Waals surface area (Å²) in [6, 6.07) is 6.77. The van der Waals surface area contributed by atoms with Gasteiger partial charge in [-0.3, -0.25) is 0 Å². The topological polar surface area (TPSA) is 73.7 Å². The zero-order valence-electron chi connectivity index (χ0n) is 18.8. The van der Waals surface area contributed by atoms with Gasteiger partial charge in [0.15, 0.2) is 22.6 Å². The Morgan fingerprint density at radius 3 is 2.49 bits per heavy atom. The summed E-state index contributed by atoms with van der Waals surface area (Å²) < 4.78 is 81.3. The van der Waals surface area contributed by atoms with Crippen LogP contribution in [-0.4, -0.2) is 61.3 Å². The molecule has 12 heteroatoms. The first-order valence-corrected chi connectivity index (χ1v) is 13.7. The number of hydrogen-bond acceptors (Lipinski definition) is 6. The molecule has 5 rings (SSSR count).